The van der Waals surface area contributed by atoms with E-state index in [0.29, 0.717) is 29.2 Å². The number of nitrogens with zero attached hydrogens (tertiary/aromatic N) is 3. The number of methoxy groups -OCH3 is 2. The van der Waals surface area contributed by atoms with Gasteiger partial charge < -0.3 is 14.0 Å². The van der Waals surface area contributed by atoms with Crippen molar-refractivity contribution in [3.8, 4) is 5.75 Å². The van der Waals surface area contributed by atoms with Crippen LogP contribution in [0.25, 0.3) is 10.2 Å². The van der Waals surface area contributed by atoms with Crippen LogP contribution < -0.4 is 9.54 Å². The lowest BCUT2D eigenvalue weighted by atomic mass is 10.2. The predicted octanol–water partition coefficient (Wildman–Crippen LogP) is 3.93. The van der Waals surface area contributed by atoms with Crippen LogP contribution in [0.4, 0.5) is 0 Å². The van der Waals surface area contributed by atoms with Crippen LogP contribution in [0.2, 0.25) is 0 Å². The summed E-state index contributed by atoms with van der Waals surface area (Å²) in [6, 6.07) is 11.2. The number of rotatable bonds is 10. The van der Waals surface area contributed by atoms with E-state index in [-0.39, 0.29) is 28.8 Å². The fraction of sp³-hybridized carbons (Fsp3) is 0.423. The van der Waals surface area contributed by atoms with Crippen LogP contribution >= 0.6 is 11.3 Å². The first-order valence-corrected chi connectivity index (χ1v) is 14.2. The van der Waals surface area contributed by atoms with Crippen molar-refractivity contribution in [3.05, 3.63) is 52.8 Å². The predicted molar refractivity (Wildman–Crippen MR) is 143 cm³/mol. The Morgan fingerprint density at radius 1 is 1.00 bits per heavy atom. The quantitative estimate of drug-likeness (QED) is 0.356. The molecule has 0 saturated heterocycles. The summed E-state index contributed by atoms with van der Waals surface area (Å²) in [5.41, 5.74) is 0.857. The first-order chi connectivity index (χ1) is 17.5. The molecule has 0 aliphatic rings. The van der Waals surface area contributed by atoms with Crippen molar-refractivity contribution < 1.29 is 27.5 Å². The zero-order chi connectivity index (χ0) is 27.3. The number of para-hydroxylation sites is 1. The van der Waals surface area contributed by atoms with Crippen molar-refractivity contribution in [2.75, 3.05) is 27.3 Å². The number of esters is 1. The summed E-state index contributed by atoms with van der Waals surface area (Å²) in [7, 11) is -0.905. The van der Waals surface area contributed by atoms with Crippen LogP contribution in [0.1, 0.15) is 38.1 Å². The van der Waals surface area contributed by atoms with Gasteiger partial charge in [0.1, 0.15) is 17.8 Å². The van der Waals surface area contributed by atoms with E-state index < -0.39 is 21.9 Å². The molecule has 0 atom stereocenters. The molecule has 37 heavy (non-hydrogen) atoms. The number of carbonyl (C=O) groups is 2. The molecule has 0 unspecified atom stereocenters. The van der Waals surface area contributed by atoms with E-state index in [0.717, 1.165) is 4.70 Å². The van der Waals surface area contributed by atoms with E-state index in [1.165, 1.54) is 54.1 Å². The standard InChI is InChI=1S/C26H33N3O6S2/c1-17(2)14-28(15-18(3)4)37(32,33)20-12-10-19(11-13-20)25(31)27-26-29(16-23(30)35-6)24-21(34-5)8-7-9-22(24)36-26/h7-13,17-18H,14-16H2,1-6H3. The number of hydrogen-bond acceptors (Lipinski definition) is 7. The van der Waals surface area contributed by atoms with Gasteiger partial charge in [0.25, 0.3) is 5.91 Å². The molecule has 0 N–H and O–H groups in total. The Morgan fingerprint density at radius 3 is 2.16 bits per heavy atom. The molecule has 0 saturated carbocycles. The first-order valence-electron chi connectivity index (χ1n) is 11.9. The van der Waals surface area contributed by atoms with Gasteiger partial charge in [-0.1, -0.05) is 45.1 Å². The summed E-state index contributed by atoms with van der Waals surface area (Å²) in [6.07, 6.45) is 0. The lowest BCUT2D eigenvalue weighted by Crippen LogP contribution is -2.37. The van der Waals surface area contributed by atoms with E-state index in [4.69, 9.17) is 9.47 Å². The molecule has 3 aromatic rings. The van der Waals surface area contributed by atoms with Gasteiger partial charge in [-0.2, -0.15) is 9.30 Å². The highest BCUT2D eigenvalue weighted by Gasteiger charge is 2.26. The molecule has 11 heteroatoms. The van der Waals surface area contributed by atoms with Gasteiger partial charge in [0.05, 0.1) is 23.8 Å². The maximum absolute atomic E-state index is 13.3. The lowest BCUT2D eigenvalue weighted by Gasteiger charge is -2.25. The van der Waals surface area contributed by atoms with Gasteiger partial charge in [0, 0.05) is 18.7 Å². The maximum Gasteiger partial charge on any atom is 0.325 e. The van der Waals surface area contributed by atoms with Crippen molar-refractivity contribution in [3.63, 3.8) is 0 Å². The highest BCUT2D eigenvalue weighted by Crippen LogP contribution is 2.27. The Kier molecular flexibility index (Phi) is 9.27. The van der Waals surface area contributed by atoms with Crippen molar-refractivity contribution in [1.29, 1.82) is 0 Å². The minimum atomic E-state index is -3.72. The maximum atomic E-state index is 13.3. The molecule has 2 aromatic carbocycles. The molecule has 1 aromatic heterocycles. The van der Waals surface area contributed by atoms with E-state index in [1.54, 1.807) is 10.6 Å². The van der Waals surface area contributed by atoms with Gasteiger partial charge in [-0.3, -0.25) is 9.59 Å². The Labute approximate surface area is 221 Å². The summed E-state index contributed by atoms with van der Waals surface area (Å²) in [5.74, 6) is -0.182. The zero-order valence-electron chi connectivity index (χ0n) is 21.9. The number of ether oxygens (including phenoxy) is 2. The number of sulfonamides is 1. The zero-order valence-corrected chi connectivity index (χ0v) is 23.6. The Bertz CT molecular complexity index is 1430. The van der Waals surface area contributed by atoms with E-state index in [2.05, 4.69) is 4.99 Å². The summed E-state index contributed by atoms with van der Waals surface area (Å²) >= 11 is 1.24. The van der Waals surface area contributed by atoms with Crippen LogP contribution in [0, 0.1) is 11.8 Å². The first kappa shape index (κ1) is 28.5. The molecule has 200 valence electrons. The molecule has 0 aliphatic carbocycles. The van der Waals surface area contributed by atoms with Gasteiger partial charge in [-0.25, -0.2) is 8.42 Å². The number of hydrogen-bond donors (Lipinski definition) is 0. The number of fused-ring (bicyclic) bond motifs is 1. The van der Waals surface area contributed by atoms with Crippen molar-refractivity contribution in [2.24, 2.45) is 16.8 Å². The minimum Gasteiger partial charge on any atom is -0.495 e. The van der Waals surface area contributed by atoms with Gasteiger partial charge in [-0.05, 0) is 48.2 Å². The molecule has 0 bridgehead atoms. The minimum absolute atomic E-state index is 0.123. The molecule has 0 spiro atoms. The average Bonchev–Trinajstić information content (AvgIpc) is 3.19. The van der Waals surface area contributed by atoms with Crippen LogP contribution in [0.5, 0.6) is 5.75 Å². The Morgan fingerprint density at radius 2 is 1.62 bits per heavy atom. The average molecular weight is 548 g/mol. The summed E-state index contributed by atoms with van der Waals surface area (Å²) in [4.78, 5) is 29.8. The fourth-order valence-electron chi connectivity index (χ4n) is 3.84. The third-order valence-corrected chi connectivity index (χ3v) is 8.36. The molecule has 3 rings (SSSR count). The van der Waals surface area contributed by atoms with Crippen molar-refractivity contribution >= 4 is 43.5 Å². The SMILES string of the molecule is COC(=O)Cn1c(=NC(=O)c2ccc(S(=O)(=O)N(CC(C)C)CC(C)C)cc2)sc2cccc(OC)c21. The highest BCUT2D eigenvalue weighted by molar-refractivity contribution is 7.89. The molecular formula is C26H33N3O6S2. The van der Waals surface area contributed by atoms with Crippen LogP contribution in [-0.4, -0.2) is 56.5 Å². The number of aromatic nitrogens is 1. The third-order valence-electron chi connectivity index (χ3n) is 5.47. The van der Waals surface area contributed by atoms with Crippen LogP contribution in [0.3, 0.4) is 0 Å². The molecule has 0 radical (unpaired) electrons. The summed E-state index contributed by atoms with van der Waals surface area (Å²) in [5, 5.41) is 0. The second-order valence-electron chi connectivity index (χ2n) is 9.40. The van der Waals surface area contributed by atoms with Crippen molar-refractivity contribution in [2.45, 2.75) is 39.1 Å². The van der Waals surface area contributed by atoms with E-state index in [9.17, 15) is 18.0 Å². The fourth-order valence-corrected chi connectivity index (χ4v) is 6.66. The van der Waals surface area contributed by atoms with Gasteiger partial charge >= 0.3 is 5.97 Å². The number of amides is 1. The highest BCUT2D eigenvalue weighted by atomic mass is 32.2. The van der Waals surface area contributed by atoms with Crippen LogP contribution in [-0.2, 0) is 26.1 Å². The monoisotopic (exact) mass is 547 g/mol. The normalized spacial score (nSPS) is 12.6. The van der Waals surface area contributed by atoms with Crippen LogP contribution in [0.15, 0.2) is 52.4 Å². The smallest absolute Gasteiger partial charge is 0.325 e. The molecule has 0 fully saturated rings. The van der Waals surface area contributed by atoms with E-state index >= 15 is 0 Å². The second kappa shape index (κ2) is 12.0. The Balaban J connectivity index is 2.00. The van der Waals surface area contributed by atoms with Gasteiger partial charge in [-0.15, -0.1) is 0 Å². The largest absolute Gasteiger partial charge is 0.495 e. The third kappa shape index (κ3) is 6.65. The topological polar surface area (TPSA) is 107 Å². The second-order valence-corrected chi connectivity index (χ2v) is 12.4. The van der Waals surface area contributed by atoms with E-state index in [1.807, 2.05) is 39.8 Å². The number of carbonyl (C=O) groups excluding carboxylic acids is 2. The van der Waals surface area contributed by atoms with Gasteiger partial charge in [0.15, 0.2) is 4.80 Å². The van der Waals surface area contributed by atoms with Crippen molar-refractivity contribution in [1.82, 2.24) is 8.87 Å². The number of thiazole rings is 1. The molecule has 1 heterocycles. The molecule has 1 amide bonds. The summed E-state index contributed by atoms with van der Waals surface area (Å²) < 4.78 is 40.7. The Hall–Kier alpha value is -3.02. The summed E-state index contributed by atoms with van der Waals surface area (Å²) in [6.45, 7) is 8.56. The molecular weight excluding hydrogens is 514 g/mol. The number of benzene rings is 2. The molecule has 0 aliphatic heterocycles. The van der Waals surface area contributed by atoms with Gasteiger partial charge in [0.2, 0.25) is 10.0 Å². The molecule has 9 nitrogen and oxygen atoms in total. The lowest BCUT2D eigenvalue weighted by molar-refractivity contribution is -0.141.